The summed E-state index contributed by atoms with van der Waals surface area (Å²) in [5.74, 6) is 0.730. The number of ether oxygens (including phenoxy) is 1. The van der Waals surface area contributed by atoms with Crippen LogP contribution < -0.4 is 15.4 Å². The van der Waals surface area contributed by atoms with E-state index in [4.69, 9.17) is 27.9 Å². The number of hydrogen-bond acceptors (Lipinski definition) is 6. The molecule has 0 spiro atoms. The summed E-state index contributed by atoms with van der Waals surface area (Å²) in [5.41, 5.74) is 1.04. The molecule has 2 heterocycles. The second-order valence-corrected chi connectivity index (χ2v) is 7.89. The van der Waals surface area contributed by atoms with Crippen molar-refractivity contribution in [2.75, 3.05) is 5.32 Å². The van der Waals surface area contributed by atoms with Gasteiger partial charge in [-0.25, -0.2) is 24.1 Å². The maximum atomic E-state index is 13.1. The molecule has 1 unspecified atom stereocenters. The van der Waals surface area contributed by atoms with Crippen LogP contribution in [0.3, 0.4) is 0 Å². The van der Waals surface area contributed by atoms with Crippen LogP contribution in [0.15, 0.2) is 61.2 Å². The lowest BCUT2D eigenvalue weighted by Crippen LogP contribution is -2.32. The number of hydrogen-bond donors (Lipinski definition) is 2. The lowest BCUT2D eigenvalue weighted by atomic mass is 10.2. The molecule has 0 aliphatic rings. The van der Waals surface area contributed by atoms with Crippen molar-refractivity contribution >= 4 is 34.9 Å². The largest absolute Gasteiger partial charge is 0.487 e. The van der Waals surface area contributed by atoms with Crippen molar-refractivity contribution in [1.29, 1.82) is 0 Å². The van der Waals surface area contributed by atoms with Crippen molar-refractivity contribution < 1.29 is 13.9 Å². The minimum absolute atomic E-state index is 0.154. The van der Waals surface area contributed by atoms with E-state index in [1.807, 2.05) is 0 Å². The molecule has 34 heavy (non-hydrogen) atoms. The maximum absolute atomic E-state index is 13.1. The lowest BCUT2D eigenvalue weighted by molar-refractivity contribution is 0.248. The van der Waals surface area contributed by atoms with Crippen LogP contribution in [0.1, 0.15) is 24.4 Å². The fourth-order valence-electron chi connectivity index (χ4n) is 3.00. The summed E-state index contributed by atoms with van der Waals surface area (Å²) in [6, 6.07) is 9.47. The molecule has 4 rings (SSSR count). The Bertz CT molecular complexity index is 1290. The Kier molecular flexibility index (Phi) is 7.19. The van der Waals surface area contributed by atoms with Crippen LogP contribution in [-0.4, -0.2) is 30.8 Å². The number of carbonyl (C=O) groups excluding carboxylic acids is 1. The van der Waals surface area contributed by atoms with Crippen LogP contribution in [0.4, 0.5) is 14.9 Å². The highest BCUT2D eigenvalue weighted by molar-refractivity contribution is 6.37. The summed E-state index contributed by atoms with van der Waals surface area (Å²) < 4.78 is 20.2. The molecule has 9 nitrogen and oxygen atoms in total. The molecule has 2 N–H and O–H groups in total. The van der Waals surface area contributed by atoms with Gasteiger partial charge in [0, 0.05) is 18.5 Å². The van der Waals surface area contributed by atoms with E-state index in [0.29, 0.717) is 17.5 Å². The number of nitrogens with zero attached hydrogens (tertiary/aromatic N) is 5. The van der Waals surface area contributed by atoms with E-state index in [1.165, 1.54) is 35.3 Å². The first kappa shape index (κ1) is 23.4. The summed E-state index contributed by atoms with van der Waals surface area (Å²) in [7, 11) is 0. The summed E-state index contributed by atoms with van der Waals surface area (Å²) in [4.78, 5) is 25.1. The molecule has 4 aromatic rings. The van der Waals surface area contributed by atoms with Crippen molar-refractivity contribution in [2.24, 2.45) is 0 Å². The molecule has 0 bridgehead atoms. The molecule has 174 valence electrons. The summed E-state index contributed by atoms with van der Waals surface area (Å²) >= 11 is 12.5. The van der Waals surface area contributed by atoms with Gasteiger partial charge in [0.25, 0.3) is 5.95 Å². The fraction of sp³-hybridized carbons (Fsp3) is 0.136. The number of anilines is 1. The number of aromatic nitrogens is 5. The molecular weight excluding hydrogens is 484 g/mol. The minimum Gasteiger partial charge on any atom is -0.487 e. The van der Waals surface area contributed by atoms with Crippen LogP contribution in [-0.2, 0) is 6.61 Å². The predicted molar refractivity (Wildman–Crippen MR) is 125 cm³/mol. The Morgan fingerprint density at radius 1 is 1.12 bits per heavy atom. The Morgan fingerprint density at radius 2 is 1.85 bits per heavy atom. The average molecular weight is 502 g/mol. The van der Waals surface area contributed by atoms with E-state index in [1.54, 1.807) is 37.5 Å². The van der Waals surface area contributed by atoms with Gasteiger partial charge in [0.1, 0.15) is 24.5 Å². The van der Waals surface area contributed by atoms with Crippen molar-refractivity contribution in [2.45, 2.75) is 19.6 Å². The van der Waals surface area contributed by atoms with Gasteiger partial charge in [-0.2, -0.15) is 9.78 Å². The van der Waals surface area contributed by atoms with E-state index in [0.717, 1.165) is 5.56 Å². The highest BCUT2D eigenvalue weighted by Gasteiger charge is 2.19. The number of nitrogens with one attached hydrogen (secondary N) is 2. The van der Waals surface area contributed by atoms with Crippen molar-refractivity contribution in [3.05, 3.63) is 88.4 Å². The first-order valence-corrected chi connectivity index (χ1v) is 10.8. The van der Waals surface area contributed by atoms with Gasteiger partial charge in [-0.3, -0.25) is 0 Å². The maximum Gasteiger partial charge on any atom is 0.319 e. The molecule has 0 aliphatic heterocycles. The van der Waals surface area contributed by atoms with Gasteiger partial charge in [-0.1, -0.05) is 35.3 Å². The molecular formula is C22H18Cl2FN7O2. The van der Waals surface area contributed by atoms with E-state index in [2.05, 4.69) is 30.7 Å². The van der Waals surface area contributed by atoms with Crippen molar-refractivity contribution in [3.63, 3.8) is 0 Å². The third-order valence-electron chi connectivity index (χ3n) is 4.63. The molecule has 2 amide bonds. The first-order valence-electron chi connectivity index (χ1n) is 10.0. The van der Waals surface area contributed by atoms with Gasteiger partial charge in [0.15, 0.2) is 5.82 Å². The van der Waals surface area contributed by atoms with Crippen LogP contribution in [0.5, 0.6) is 5.75 Å². The molecule has 0 saturated heterocycles. The highest BCUT2D eigenvalue weighted by Crippen LogP contribution is 2.34. The standard InChI is InChI=1S/C22H18Cl2FN7O2/c1-13(20-28-12-29-32(20)21-26-7-2-8-27-21)30-22(33)31-18-10-19(17(24)9-16(18)23)34-11-14-3-5-15(25)6-4-14/h2-10,12-13H,11H2,1H3,(H2,30,31,33). The number of halogens is 3. The van der Waals surface area contributed by atoms with Gasteiger partial charge in [-0.15, -0.1) is 0 Å². The molecule has 1 atom stereocenters. The topological polar surface area (TPSA) is 107 Å². The molecule has 2 aromatic heterocycles. The van der Waals surface area contributed by atoms with E-state index >= 15 is 0 Å². The number of urea groups is 1. The normalized spacial score (nSPS) is 11.6. The second-order valence-electron chi connectivity index (χ2n) is 7.08. The van der Waals surface area contributed by atoms with Gasteiger partial charge in [-0.05, 0) is 36.8 Å². The number of rotatable bonds is 7. The van der Waals surface area contributed by atoms with Gasteiger partial charge >= 0.3 is 6.03 Å². The third kappa shape index (κ3) is 5.59. The molecule has 0 radical (unpaired) electrons. The predicted octanol–water partition coefficient (Wildman–Crippen LogP) is 4.96. The zero-order chi connectivity index (χ0) is 24.1. The Labute approximate surface area is 203 Å². The quantitative estimate of drug-likeness (QED) is 0.370. The first-order chi connectivity index (χ1) is 16.4. The summed E-state index contributed by atoms with van der Waals surface area (Å²) in [6.45, 7) is 1.89. The zero-order valence-corrected chi connectivity index (χ0v) is 19.3. The van der Waals surface area contributed by atoms with Gasteiger partial charge < -0.3 is 15.4 Å². The van der Waals surface area contributed by atoms with Gasteiger partial charge in [0.05, 0.1) is 21.8 Å². The number of amides is 2. The molecule has 0 fully saturated rings. The van der Waals surface area contributed by atoms with E-state index in [9.17, 15) is 9.18 Å². The Morgan fingerprint density at radius 3 is 2.59 bits per heavy atom. The lowest BCUT2D eigenvalue weighted by Gasteiger charge is -2.16. The van der Waals surface area contributed by atoms with Gasteiger partial charge in [0.2, 0.25) is 0 Å². The van der Waals surface area contributed by atoms with Crippen LogP contribution >= 0.6 is 23.2 Å². The van der Waals surface area contributed by atoms with Crippen molar-refractivity contribution in [3.8, 4) is 11.7 Å². The van der Waals surface area contributed by atoms with Crippen LogP contribution in [0.25, 0.3) is 5.95 Å². The van der Waals surface area contributed by atoms with Crippen LogP contribution in [0.2, 0.25) is 10.0 Å². The Balaban J connectivity index is 1.43. The van der Waals surface area contributed by atoms with Crippen LogP contribution in [0, 0.1) is 5.82 Å². The van der Waals surface area contributed by atoms with E-state index < -0.39 is 12.1 Å². The molecule has 0 saturated carbocycles. The highest BCUT2D eigenvalue weighted by atomic mass is 35.5. The van der Waals surface area contributed by atoms with E-state index in [-0.39, 0.29) is 28.2 Å². The number of benzene rings is 2. The summed E-state index contributed by atoms with van der Waals surface area (Å²) in [5, 5.41) is 10.1. The minimum atomic E-state index is -0.537. The molecule has 2 aromatic carbocycles. The number of carbonyl (C=O) groups is 1. The van der Waals surface area contributed by atoms with Crippen molar-refractivity contribution in [1.82, 2.24) is 30.0 Å². The molecule has 0 aliphatic carbocycles. The average Bonchev–Trinajstić information content (AvgIpc) is 3.32. The SMILES string of the molecule is CC(NC(=O)Nc1cc(OCc2ccc(F)cc2)c(Cl)cc1Cl)c1ncnn1-c1ncccn1. The smallest absolute Gasteiger partial charge is 0.319 e. The zero-order valence-electron chi connectivity index (χ0n) is 17.7. The fourth-order valence-corrected chi connectivity index (χ4v) is 3.48. The Hall–Kier alpha value is -3.76. The second kappa shape index (κ2) is 10.4. The monoisotopic (exact) mass is 501 g/mol. The molecule has 12 heteroatoms. The third-order valence-corrected chi connectivity index (χ3v) is 5.24. The summed E-state index contributed by atoms with van der Waals surface area (Å²) in [6.07, 6.45) is 4.51.